The molecule has 0 aliphatic heterocycles. The first-order valence-corrected chi connectivity index (χ1v) is 11.6. The second-order valence-electron chi connectivity index (χ2n) is 5.34. The Morgan fingerprint density at radius 3 is 1.81 bits per heavy atom. The Hall–Kier alpha value is -2.00. The fourth-order valence-electron chi connectivity index (χ4n) is 2.46. The molecule has 0 aliphatic carbocycles. The summed E-state index contributed by atoms with van der Waals surface area (Å²) in [4.78, 5) is 0. The number of rotatable bonds is 6. The van der Waals surface area contributed by atoms with E-state index in [-0.39, 0.29) is 5.82 Å². The minimum Gasteiger partial charge on any atom is -0.209 e. The van der Waals surface area contributed by atoms with Crippen LogP contribution in [-0.2, 0) is 6.42 Å². The monoisotopic (exact) mass is 440 g/mol. The van der Waals surface area contributed by atoms with Crippen LogP contribution in [0.1, 0.15) is 94.6 Å². The molecule has 0 amide bonds. The van der Waals surface area contributed by atoms with E-state index in [1.165, 1.54) is 22.8 Å². The van der Waals surface area contributed by atoms with E-state index in [2.05, 4.69) is 59.4 Å². The van der Waals surface area contributed by atoms with Gasteiger partial charge in [-0.25, -0.2) is 9.70 Å². The molecular weight excluding hydrogens is 390 g/mol. The number of benzene rings is 1. The summed E-state index contributed by atoms with van der Waals surface area (Å²) in [7, 11) is 0. The van der Waals surface area contributed by atoms with Crippen molar-refractivity contribution in [3.05, 3.63) is 83.2 Å². The topological polar surface area (TPSA) is 20.2 Å². The molecule has 0 atom stereocenters. The lowest BCUT2D eigenvalue weighted by Gasteiger charge is -2.09. The van der Waals surface area contributed by atoms with Crippen LogP contribution in [-0.4, -0.2) is 5.31 Å². The molecule has 0 radical (unpaired) electrons. The first-order chi connectivity index (χ1) is 15.0. The van der Waals surface area contributed by atoms with Crippen LogP contribution in [0.15, 0.2) is 71.9 Å². The summed E-state index contributed by atoms with van der Waals surface area (Å²) in [5, 5.41) is 5.50. The van der Waals surface area contributed by atoms with E-state index in [9.17, 15) is 4.39 Å². The highest BCUT2D eigenvalue weighted by Crippen LogP contribution is 2.21. The summed E-state index contributed by atoms with van der Waals surface area (Å²) >= 11 is 0. The Balaban J connectivity index is -0.000000111. The van der Waals surface area contributed by atoms with Gasteiger partial charge in [-0.05, 0) is 68.0 Å². The minimum atomic E-state index is -0.133. The quantitative estimate of drug-likeness (QED) is 0.436. The third-order valence-corrected chi connectivity index (χ3v) is 3.58. The van der Waals surface area contributed by atoms with Crippen LogP contribution >= 0.6 is 0 Å². The van der Waals surface area contributed by atoms with Crippen LogP contribution in [0.4, 0.5) is 8.92 Å². The Morgan fingerprint density at radius 1 is 0.968 bits per heavy atom. The highest BCUT2D eigenvalue weighted by atomic mass is 19.3. The highest BCUT2D eigenvalue weighted by molar-refractivity contribution is 5.46. The van der Waals surface area contributed by atoms with E-state index in [1.54, 1.807) is 12.1 Å². The lowest BCUT2D eigenvalue weighted by atomic mass is 9.96. The Kier molecular flexibility index (Phi) is 45.1. The SMILES string of the molecule is C=C\C=C(C)/C(=C\C)C(=C\C)/CC.CC.CC.CC.CCCc1cccc(F)c1.OF. The van der Waals surface area contributed by atoms with Crippen LogP contribution in [0, 0.1) is 5.82 Å². The Bertz CT molecular complexity index is 566. The summed E-state index contributed by atoms with van der Waals surface area (Å²) in [6, 6.07) is 6.76. The van der Waals surface area contributed by atoms with Gasteiger partial charge in [0.15, 0.2) is 0 Å². The first kappa shape index (κ1) is 39.5. The maximum absolute atomic E-state index is 12.5. The van der Waals surface area contributed by atoms with Gasteiger partial charge in [-0.3, -0.25) is 0 Å². The van der Waals surface area contributed by atoms with E-state index in [1.807, 2.05) is 53.7 Å². The van der Waals surface area contributed by atoms with Crippen molar-refractivity contribution < 1.29 is 14.2 Å². The maximum atomic E-state index is 12.5. The largest absolute Gasteiger partial charge is 0.209 e. The first-order valence-electron chi connectivity index (χ1n) is 11.6. The standard InChI is InChI=1S/C13H20.C9H11F.3C2H6.FHO/c1-6-10-11(5)13(9-4)12(7-2)8-3;1-2-4-8-5-3-6-9(10)7-8;4*1-2/h6-7,9-10H,1,8H2,2-5H3;3,5-7H,2,4H2,1H3;3*1-2H3;2H/b11-10-,12-7-,13-9+;;;;;. The fraction of sp³-hybridized carbons (Fsp3) is 0.500. The zero-order chi connectivity index (χ0) is 25.7. The van der Waals surface area contributed by atoms with Gasteiger partial charge in [0.25, 0.3) is 0 Å². The number of hydrogen-bond acceptors (Lipinski definition) is 1. The molecule has 1 rings (SSSR count). The van der Waals surface area contributed by atoms with Gasteiger partial charge in [0.05, 0.1) is 0 Å². The molecule has 0 saturated heterocycles. The summed E-state index contributed by atoms with van der Waals surface area (Å²) in [6.07, 6.45) is 11.3. The molecule has 0 spiro atoms. The lowest BCUT2D eigenvalue weighted by Crippen LogP contribution is -1.90. The van der Waals surface area contributed by atoms with Gasteiger partial charge in [0.2, 0.25) is 0 Å². The van der Waals surface area contributed by atoms with Crippen LogP contribution in [0.25, 0.3) is 0 Å². The summed E-state index contributed by atoms with van der Waals surface area (Å²) in [5.74, 6) is -0.133. The average molecular weight is 441 g/mol. The number of halogens is 2. The number of allylic oxidation sites excluding steroid dienone is 7. The number of hydrogen-bond donors (Lipinski definition) is 1. The second-order valence-corrected chi connectivity index (χ2v) is 5.34. The third kappa shape index (κ3) is 24.1. The summed E-state index contributed by atoms with van der Waals surface area (Å²) < 4.78 is 21.0. The van der Waals surface area contributed by atoms with Gasteiger partial charge in [0.1, 0.15) is 5.82 Å². The van der Waals surface area contributed by atoms with Gasteiger partial charge >= 0.3 is 0 Å². The van der Waals surface area contributed by atoms with Crippen molar-refractivity contribution in [1.82, 2.24) is 0 Å². The molecule has 0 fully saturated rings. The molecule has 0 aliphatic rings. The minimum absolute atomic E-state index is 0.133. The molecule has 0 aromatic heterocycles. The molecule has 1 aromatic rings. The van der Waals surface area contributed by atoms with Crippen LogP contribution in [0.2, 0.25) is 0 Å². The van der Waals surface area contributed by atoms with Gasteiger partial charge < -0.3 is 0 Å². The number of aryl methyl sites for hydroxylation is 1. The van der Waals surface area contributed by atoms with Crippen LogP contribution in [0.3, 0.4) is 0 Å². The molecule has 0 saturated carbocycles. The third-order valence-electron chi connectivity index (χ3n) is 3.58. The normalized spacial score (nSPS) is 10.1. The van der Waals surface area contributed by atoms with E-state index in [4.69, 9.17) is 9.84 Å². The fourth-order valence-corrected chi connectivity index (χ4v) is 2.46. The second kappa shape index (κ2) is 35.4. The molecule has 0 heterocycles. The smallest absolute Gasteiger partial charge is 0.123 e. The van der Waals surface area contributed by atoms with Crippen molar-refractivity contribution in [3.63, 3.8) is 0 Å². The van der Waals surface area contributed by atoms with Crippen molar-refractivity contribution in [3.8, 4) is 0 Å². The van der Waals surface area contributed by atoms with Gasteiger partial charge in [-0.2, -0.15) is 0 Å². The Labute approximate surface area is 193 Å². The predicted molar refractivity (Wildman–Crippen MR) is 140 cm³/mol. The van der Waals surface area contributed by atoms with Crippen molar-refractivity contribution in [2.24, 2.45) is 0 Å². The van der Waals surface area contributed by atoms with Gasteiger partial charge in [-0.15, -0.1) is 0 Å². The van der Waals surface area contributed by atoms with Crippen LogP contribution in [0.5, 0.6) is 0 Å². The van der Waals surface area contributed by atoms with Crippen molar-refractivity contribution in [1.29, 1.82) is 0 Å². The molecule has 182 valence electrons. The molecule has 1 aromatic carbocycles. The van der Waals surface area contributed by atoms with E-state index in [0.717, 1.165) is 24.8 Å². The van der Waals surface area contributed by atoms with E-state index >= 15 is 0 Å². The lowest BCUT2D eigenvalue weighted by molar-refractivity contribution is -0.0441. The van der Waals surface area contributed by atoms with E-state index < -0.39 is 0 Å². The van der Waals surface area contributed by atoms with Gasteiger partial charge in [0, 0.05) is 0 Å². The highest BCUT2D eigenvalue weighted by Gasteiger charge is 2.01. The van der Waals surface area contributed by atoms with Crippen molar-refractivity contribution >= 4 is 0 Å². The molecule has 3 heteroatoms. The van der Waals surface area contributed by atoms with Crippen LogP contribution < -0.4 is 0 Å². The zero-order valence-corrected chi connectivity index (χ0v) is 22.2. The maximum Gasteiger partial charge on any atom is 0.123 e. The molecule has 0 bridgehead atoms. The average Bonchev–Trinajstić information content (AvgIpc) is 2.83. The summed E-state index contributed by atoms with van der Waals surface area (Å²) in [5.41, 5.74) is 5.11. The molecule has 0 unspecified atom stereocenters. The predicted octanol–water partition coefficient (Wildman–Crippen LogP) is 10.1. The van der Waals surface area contributed by atoms with Gasteiger partial charge in [-0.1, -0.05) is 109 Å². The molecule has 31 heavy (non-hydrogen) atoms. The van der Waals surface area contributed by atoms with E-state index in [0.29, 0.717) is 0 Å². The molecule has 1 nitrogen and oxygen atoms in total. The zero-order valence-electron chi connectivity index (χ0n) is 22.2. The Morgan fingerprint density at radius 2 is 1.48 bits per heavy atom. The van der Waals surface area contributed by atoms with Crippen molar-refractivity contribution in [2.45, 2.75) is 95.4 Å². The molecule has 1 N–H and O–H groups in total. The van der Waals surface area contributed by atoms with Crippen molar-refractivity contribution in [2.75, 3.05) is 0 Å². The summed E-state index contributed by atoms with van der Waals surface area (Å²) in [6.45, 7) is 26.3. The molecular formula is C28H50F2O.